The summed E-state index contributed by atoms with van der Waals surface area (Å²) < 4.78 is 0. The molecule has 0 bridgehead atoms. The Bertz CT molecular complexity index is 347. The Kier molecular flexibility index (Phi) is 3.29. The molecule has 1 aromatic rings. The van der Waals surface area contributed by atoms with Gasteiger partial charge in [0.05, 0.1) is 0 Å². The molecule has 0 aliphatic carbocycles. The zero-order valence-corrected chi connectivity index (χ0v) is 8.10. The Morgan fingerprint density at radius 2 is 2.36 bits per heavy atom. The number of carbonyl (C=O) groups is 1. The van der Waals surface area contributed by atoms with Gasteiger partial charge in [0.1, 0.15) is 0 Å². The van der Waals surface area contributed by atoms with Crippen LogP contribution in [0, 0.1) is 6.92 Å². The third-order valence-electron chi connectivity index (χ3n) is 1.86. The average Bonchev–Trinajstić information content (AvgIpc) is 2.13. The van der Waals surface area contributed by atoms with Crippen LogP contribution in [0.15, 0.2) is 36.9 Å². The van der Waals surface area contributed by atoms with Crippen LogP contribution in [0.25, 0.3) is 0 Å². The van der Waals surface area contributed by atoms with E-state index in [0.29, 0.717) is 12.2 Å². The molecule has 0 saturated carbocycles. The second-order valence-corrected chi connectivity index (χ2v) is 3.02. The second kappa shape index (κ2) is 4.46. The van der Waals surface area contributed by atoms with E-state index in [-0.39, 0.29) is 0 Å². The first kappa shape index (κ1) is 10.3. The zero-order chi connectivity index (χ0) is 10.6. The van der Waals surface area contributed by atoms with Crippen molar-refractivity contribution in [2.45, 2.75) is 6.92 Å². The van der Waals surface area contributed by atoms with Crippen LogP contribution in [-0.4, -0.2) is 17.7 Å². The maximum atomic E-state index is 10.9. The van der Waals surface area contributed by atoms with Crippen molar-refractivity contribution in [3.05, 3.63) is 42.5 Å². The summed E-state index contributed by atoms with van der Waals surface area (Å²) in [5, 5.41) is 8.93. The van der Waals surface area contributed by atoms with Gasteiger partial charge in [0.2, 0.25) is 0 Å². The Balaban J connectivity index is 2.98. The number of nitrogens with zero attached hydrogens (tertiary/aromatic N) is 1. The van der Waals surface area contributed by atoms with E-state index in [1.807, 2.05) is 25.1 Å². The highest BCUT2D eigenvalue weighted by Crippen LogP contribution is 2.15. The number of rotatable bonds is 3. The number of benzene rings is 1. The molecule has 1 aromatic carbocycles. The molecule has 14 heavy (non-hydrogen) atoms. The lowest BCUT2D eigenvalue weighted by Crippen LogP contribution is -2.29. The van der Waals surface area contributed by atoms with Crippen molar-refractivity contribution >= 4 is 11.8 Å². The third kappa shape index (κ3) is 2.36. The molecule has 0 aromatic heterocycles. The van der Waals surface area contributed by atoms with Gasteiger partial charge < -0.3 is 5.11 Å². The zero-order valence-electron chi connectivity index (χ0n) is 8.10. The minimum absolute atomic E-state index is 0.304. The monoisotopic (exact) mass is 191 g/mol. The highest BCUT2D eigenvalue weighted by molar-refractivity contribution is 5.86. The lowest BCUT2D eigenvalue weighted by molar-refractivity contribution is 0.202. The van der Waals surface area contributed by atoms with E-state index in [2.05, 4.69) is 6.58 Å². The first-order chi connectivity index (χ1) is 6.65. The summed E-state index contributed by atoms with van der Waals surface area (Å²) in [6, 6.07) is 7.36. The molecule has 0 aliphatic heterocycles. The topological polar surface area (TPSA) is 40.5 Å². The summed E-state index contributed by atoms with van der Waals surface area (Å²) in [4.78, 5) is 12.1. The van der Waals surface area contributed by atoms with Crippen molar-refractivity contribution in [2.24, 2.45) is 0 Å². The molecule has 0 aliphatic rings. The van der Waals surface area contributed by atoms with Crippen LogP contribution in [0.5, 0.6) is 0 Å². The predicted molar refractivity (Wildman–Crippen MR) is 56.7 cm³/mol. The van der Waals surface area contributed by atoms with Crippen molar-refractivity contribution in [3.63, 3.8) is 0 Å². The van der Waals surface area contributed by atoms with E-state index in [9.17, 15) is 4.79 Å². The normalized spacial score (nSPS) is 9.50. The first-order valence-electron chi connectivity index (χ1n) is 4.33. The Morgan fingerprint density at radius 1 is 1.64 bits per heavy atom. The smallest absolute Gasteiger partial charge is 0.412 e. The highest BCUT2D eigenvalue weighted by atomic mass is 16.4. The molecule has 0 fully saturated rings. The van der Waals surface area contributed by atoms with Gasteiger partial charge >= 0.3 is 6.09 Å². The SMILES string of the molecule is C=CCN(C(=O)O)c1cccc(C)c1. The fourth-order valence-electron chi connectivity index (χ4n) is 1.22. The molecule has 0 atom stereocenters. The van der Waals surface area contributed by atoms with Crippen molar-refractivity contribution in [1.29, 1.82) is 0 Å². The number of hydrogen-bond donors (Lipinski definition) is 1. The largest absolute Gasteiger partial charge is 0.465 e. The molecule has 3 heteroatoms. The van der Waals surface area contributed by atoms with E-state index in [0.717, 1.165) is 5.56 Å². The summed E-state index contributed by atoms with van der Waals surface area (Å²) in [7, 11) is 0. The van der Waals surface area contributed by atoms with Crippen molar-refractivity contribution < 1.29 is 9.90 Å². The van der Waals surface area contributed by atoms with Crippen molar-refractivity contribution in [2.75, 3.05) is 11.4 Å². The summed E-state index contributed by atoms with van der Waals surface area (Å²) >= 11 is 0. The van der Waals surface area contributed by atoms with Crippen LogP contribution >= 0.6 is 0 Å². The minimum Gasteiger partial charge on any atom is -0.465 e. The van der Waals surface area contributed by atoms with Gasteiger partial charge in [-0.1, -0.05) is 18.2 Å². The van der Waals surface area contributed by atoms with Gasteiger partial charge in [0.25, 0.3) is 0 Å². The van der Waals surface area contributed by atoms with Crippen molar-refractivity contribution in [1.82, 2.24) is 0 Å². The molecule has 1 amide bonds. The van der Waals surface area contributed by atoms with Gasteiger partial charge in [-0.25, -0.2) is 4.79 Å². The van der Waals surface area contributed by atoms with Gasteiger partial charge in [-0.3, -0.25) is 4.90 Å². The molecule has 0 unspecified atom stereocenters. The molecule has 1 N–H and O–H groups in total. The van der Waals surface area contributed by atoms with E-state index in [1.165, 1.54) is 4.90 Å². The number of carboxylic acid groups (broad SMARTS) is 1. The lowest BCUT2D eigenvalue weighted by Gasteiger charge is -2.17. The molecular formula is C11H13NO2. The Hall–Kier alpha value is -1.77. The standard InChI is InChI=1S/C11H13NO2/c1-3-7-12(11(13)14)10-6-4-5-9(2)8-10/h3-6,8H,1,7H2,2H3,(H,13,14). The van der Waals surface area contributed by atoms with Crippen molar-refractivity contribution in [3.8, 4) is 0 Å². The minimum atomic E-state index is -0.962. The maximum absolute atomic E-state index is 10.9. The summed E-state index contributed by atoms with van der Waals surface area (Å²) in [6.45, 7) is 5.76. The van der Waals surface area contributed by atoms with Gasteiger partial charge in [0.15, 0.2) is 0 Å². The van der Waals surface area contributed by atoms with Gasteiger partial charge in [0, 0.05) is 12.2 Å². The number of anilines is 1. The lowest BCUT2D eigenvalue weighted by atomic mass is 10.2. The molecular weight excluding hydrogens is 178 g/mol. The maximum Gasteiger partial charge on any atom is 0.412 e. The number of hydrogen-bond acceptors (Lipinski definition) is 1. The van der Waals surface area contributed by atoms with Gasteiger partial charge in [-0.2, -0.15) is 0 Å². The van der Waals surface area contributed by atoms with Crippen LogP contribution in [-0.2, 0) is 0 Å². The van der Waals surface area contributed by atoms with Gasteiger partial charge in [-0.05, 0) is 24.6 Å². The Labute approximate surface area is 83.3 Å². The Morgan fingerprint density at radius 3 is 2.86 bits per heavy atom. The molecule has 0 saturated heterocycles. The van der Waals surface area contributed by atoms with Crippen LogP contribution in [0.3, 0.4) is 0 Å². The molecule has 0 radical (unpaired) electrons. The predicted octanol–water partition coefficient (Wildman–Crippen LogP) is 2.67. The van der Waals surface area contributed by atoms with E-state index >= 15 is 0 Å². The highest BCUT2D eigenvalue weighted by Gasteiger charge is 2.11. The second-order valence-electron chi connectivity index (χ2n) is 3.02. The fraction of sp³-hybridized carbons (Fsp3) is 0.182. The van der Waals surface area contributed by atoms with Crippen LogP contribution in [0.4, 0.5) is 10.5 Å². The quantitative estimate of drug-likeness (QED) is 0.746. The molecule has 1 rings (SSSR count). The molecule has 74 valence electrons. The van der Waals surface area contributed by atoms with Crippen LogP contribution in [0.1, 0.15) is 5.56 Å². The first-order valence-corrected chi connectivity index (χ1v) is 4.33. The molecule has 0 heterocycles. The molecule has 3 nitrogen and oxygen atoms in total. The number of amides is 1. The van der Waals surface area contributed by atoms with E-state index in [1.54, 1.807) is 12.1 Å². The fourth-order valence-corrected chi connectivity index (χ4v) is 1.22. The van der Waals surface area contributed by atoms with E-state index in [4.69, 9.17) is 5.11 Å². The van der Waals surface area contributed by atoms with Crippen LogP contribution in [0.2, 0.25) is 0 Å². The molecule has 0 spiro atoms. The number of aryl methyl sites for hydroxylation is 1. The van der Waals surface area contributed by atoms with E-state index < -0.39 is 6.09 Å². The summed E-state index contributed by atoms with van der Waals surface area (Å²) in [5.74, 6) is 0. The van der Waals surface area contributed by atoms with Gasteiger partial charge in [-0.15, -0.1) is 6.58 Å². The average molecular weight is 191 g/mol. The summed E-state index contributed by atoms with van der Waals surface area (Å²) in [5.41, 5.74) is 1.72. The van der Waals surface area contributed by atoms with Crippen LogP contribution < -0.4 is 4.90 Å². The third-order valence-corrected chi connectivity index (χ3v) is 1.86. The summed E-state index contributed by atoms with van der Waals surface area (Å²) in [6.07, 6.45) is 0.603.